The highest BCUT2D eigenvalue weighted by atomic mass is 16.2. The molecule has 108 valence electrons. The largest absolute Gasteiger partial charge is 0.357 e. The van der Waals surface area contributed by atoms with E-state index >= 15 is 0 Å². The third-order valence-corrected chi connectivity index (χ3v) is 3.57. The number of aromatic nitrogens is 1. The number of carbonyl (C=O) groups is 2. The molecule has 6 nitrogen and oxygen atoms in total. The molecule has 2 amide bonds. The number of rotatable bonds is 3. The molecule has 6 heteroatoms. The average molecular weight is 276 g/mol. The first-order chi connectivity index (χ1) is 9.70. The van der Waals surface area contributed by atoms with Crippen LogP contribution in [0.3, 0.4) is 0 Å². The third-order valence-electron chi connectivity index (χ3n) is 3.57. The lowest BCUT2D eigenvalue weighted by Crippen LogP contribution is -2.43. The van der Waals surface area contributed by atoms with Crippen molar-refractivity contribution in [3.63, 3.8) is 0 Å². The Bertz CT molecular complexity index is 456. The van der Waals surface area contributed by atoms with Crippen LogP contribution in [0.25, 0.3) is 0 Å². The number of likely N-dealkylation sites (N-methyl/N-ethyl adjacent to an activating group) is 1. The summed E-state index contributed by atoms with van der Waals surface area (Å²) in [6.07, 6.45) is 3.78. The van der Waals surface area contributed by atoms with Crippen LogP contribution in [0, 0.1) is 5.92 Å². The number of piperidine rings is 1. The van der Waals surface area contributed by atoms with Crippen molar-refractivity contribution in [2.45, 2.75) is 12.8 Å². The second kappa shape index (κ2) is 6.88. The molecular formula is C14H20N4O2. The minimum atomic E-state index is -0.587. The van der Waals surface area contributed by atoms with Crippen molar-refractivity contribution < 1.29 is 9.59 Å². The lowest BCUT2D eigenvalue weighted by Gasteiger charge is -2.32. The Balaban J connectivity index is 1.75. The van der Waals surface area contributed by atoms with E-state index in [-0.39, 0.29) is 0 Å². The van der Waals surface area contributed by atoms with E-state index in [1.54, 1.807) is 6.20 Å². The normalized spacial score (nSPS) is 15.8. The summed E-state index contributed by atoms with van der Waals surface area (Å²) in [6.45, 7) is 2.41. The topological polar surface area (TPSA) is 74.3 Å². The predicted molar refractivity (Wildman–Crippen MR) is 76.3 cm³/mol. The lowest BCUT2D eigenvalue weighted by molar-refractivity contribution is -0.139. The molecule has 0 aliphatic carbocycles. The van der Waals surface area contributed by atoms with Crippen molar-refractivity contribution in [1.29, 1.82) is 0 Å². The summed E-state index contributed by atoms with van der Waals surface area (Å²) in [4.78, 5) is 29.0. The van der Waals surface area contributed by atoms with Gasteiger partial charge in [-0.3, -0.25) is 9.59 Å². The molecule has 1 fully saturated rings. The van der Waals surface area contributed by atoms with E-state index in [9.17, 15) is 9.59 Å². The maximum atomic E-state index is 11.4. The first kappa shape index (κ1) is 14.3. The summed E-state index contributed by atoms with van der Waals surface area (Å²) in [7, 11) is 1.45. The molecular weight excluding hydrogens is 256 g/mol. The Hall–Kier alpha value is -2.11. The Morgan fingerprint density at radius 3 is 2.65 bits per heavy atom. The number of hydrogen-bond donors (Lipinski definition) is 2. The maximum Gasteiger partial charge on any atom is 0.309 e. The van der Waals surface area contributed by atoms with Crippen LogP contribution in [0.15, 0.2) is 24.4 Å². The smallest absolute Gasteiger partial charge is 0.309 e. The first-order valence-electron chi connectivity index (χ1n) is 6.86. The zero-order chi connectivity index (χ0) is 14.4. The van der Waals surface area contributed by atoms with Crippen LogP contribution >= 0.6 is 0 Å². The number of nitrogens with one attached hydrogen (secondary N) is 2. The van der Waals surface area contributed by atoms with Gasteiger partial charge in [0.05, 0.1) is 0 Å². The Labute approximate surface area is 118 Å². The molecule has 20 heavy (non-hydrogen) atoms. The fourth-order valence-corrected chi connectivity index (χ4v) is 2.34. The predicted octanol–water partition coefficient (Wildman–Crippen LogP) is 0.160. The molecule has 0 aromatic carbocycles. The van der Waals surface area contributed by atoms with E-state index in [2.05, 4.69) is 20.5 Å². The van der Waals surface area contributed by atoms with Gasteiger partial charge in [-0.2, -0.15) is 0 Å². The Morgan fingerprint density at radius 1 is 1.30 bits per heavy atom. The van der Waals surface area contributed by atoms with Gasteiger partial charge in [0.25, 0.3) is 0 Å². The second-order valence-corrected chi connectivity index (χ2v) is 4.91. The van der Waals surface area contributed by atoms with Crippen molar-refractivity contribution in [3.8, 4) is 0 Å². The number of amides is 2. The van der Waals surface area contributed by atoms with Crippen LogP contribution in [0.4, 0.5) is 5.82 Å². The summed E-state index contributed by atoms with van der Waals surface area (Å²) in [5.74, 6) is 0.277. The summed E-state index contributed by atoms with van der Waals surface area (Å²) in [6, 6.07) is 5.90. The van der Waals surface area contributed by atoms with Gasteiger partial charge in [-0.05, 0) is 30.9 Å². The van der Waals surface area contributed by atoms with Crippen molar-refractivity contribution >= 4 is 17.6 Å². The molecule has 1 aromatic rings. The molecule has 0 bridgehead atoms. The van der Waals surface area contributed by atoms with Gasteiger partial charge in [-0.1, -0.05) is 6.07 Å². The van der Waals surface area contributed by atoms with Gasteiger partial charge in [-0.15, -0.1) is 0 Å². The molecule has 1 saturated heterocycles. The monoisotopic (exact) mass is 276 g/mol. The summed E-state index contributed by atoms with van der Waals surface area (Å²) >= 11 is 0. The van der Waals surface area contributed by atoms with Gasteiger partial charge in [0.1, 0.15) is 5.82 Å². The van der Waals surface area contributed by atoms with Crippen LogP contribution in [-0.2, 0) is 9.59 Å². The first-order valence-corrected chi connectivity index (χ1v) is 6.86. The summed E-state index contributed by atoms with van der Waals surface area (Å²) in [5, 5.41) is 4.99. The van der Waals surface area contributed by atoms with Gasteiger partial charge in [0.2, 0.25) is 0 Å². The Morgan fingerprint density at radius 2 is 2.05 bits per heavy atom. The van der Waals surface area contributed by atoms with Crippen LogP contribution in [0.2, 0.25) is 0 Å². The summed E-state index contributed by atoms with van der Waals surface area (Å²) in [5.41, 5.74) is 0. The molecule has 1 aliphatic heterocycles. The molecule has 0 spiro atoms. The number of anilines is 1. The molecule has 0 unspecified atom stereocenters. The van der Waals surface area contributed by atoms with Gasteiger partial charge < -0.3 is 15.5 Å². The molecule has 0 radical (unpaired) electrons. The maximum absolute atomic E-state index is 11.4. The van der Waals surface area contributed by atoms with E-state index in [0.717, 1.165) is 31.7 Å². The third kappa shape index (κ3) is 3.69. The van der Waals surface area contributed by atoms with Crippen LogP contribution in [-0.4, -0.2) is 43.5 Å². The molecule has 2 heterocycles. The van der Waals surface area contributed by atoms with Crippen LogP contribution < -0.4 is 15.5 Å². The van der Waals surface area contributed by atoms with E-state index in [1.165, 1.54) is 7.05 Å². The molecule has 2 N–H and O–H groups in total. The van der Waals surface area contributed by atoms with Crippen LogP contribution in [0.5, 0.6) is 0 Å². The highest BCUT2D eigenvalue weighted by Crippen LogP contribution is 2.20. The van der Waals surface area contributed by atoms with E-state index < -0.39 is 11.8 Å². The quantitative estimate of drug-likeness (QED) is 0.771. The standard InChI is InChI=1S/C14H20N4O2/c1-15-13(19)14(20)17-10-11-5-8-18(9-6-11)12-4-2-3-7-16-12/h2-4,7,11H,5-6,8-10H2,1H3,(H,15,19)(H,17,20). The number of nitrogens with zero attached hydrogens (tertiary/aromatic N) is 2. The van der Waals surface area contributed by atoms with E-state index in [4.69, 9.17) is 0 Å². The molecule has 0 atom stereocenters. The SMILES string of the molecule is CNC(=O)C(=O)NCC1CCN(c2ccccn2)CC1. The van der Waals surface area contributed by atoms with Gasteiger partial charge in [-0.25, -0.2) is 4.98 Å². The highest BCUT2D eigenvalue weighted by Gasteiger charge is 2.21. The van der Waals surface area contributed by atoms with Gasteiger partial charge in [0.15, 0.2) is 0 Å². The fourth-order valence-electron chi connectivity index (χ4n) is 2.34. The van der Waals surface area contributed by atoms with Gasteiger partial charge >= 0.3 is 11.8 Å². The number of hydrogen-bond acceptors (Lipinski definition) is 4. The van der Waals surface area contributed by atoms with Crippen molar-refractivity contribution in [2.75, 3.05) is 31.6 Å². The minimum absolute atomic E-state index is 0.420. The number of carbonyl (C=O) groups excluding carboxylic acids is 2. The van der Waals surface area contributed by atoms with Gasteiger partial charge in [0, 0.05) is 32.9 Å². The average Bonchev–Trinajstić information content (AvgIpc) is 2.53. The minimum Gasteiger partial charge on any atom is -0.357 e. The van der Waals surface area contributed by atoms with Crippen molar-refractivity contribution in [1.82, 2.24) is 15.6 Å². The molecule has 0 saturated carbocycles. The van der Waals surface area contributed by atoms with E-state index in [1.807, 2.05) is 18.2 Å². The van der Waals surface area contributed by atoms with E-state index in [0.29, 0.717) is 12.5 Å². The molecule has 2 rings (SSSR count). The lowest BCUT2D eigenvalue weighted by atomic mass is 9.97. The molecule has 1 aliphatic rings. The highest BCUT2D eigenvalue weighted by molar-refractivity contribution is 6.34. The summed E-state index contributed by atoms with van der Waals surface area (Å²) < 4.78 is 0. The van der Waals surface area contributed by atoms with Crippen LogP contribution in [0.1, 0.15) is 12.8 Å². The number of pyridine rings is 1. The fraction of sp³-hybridized carbons (Fsp3) is 0.500. The zero-order valence-electron chi connectivity index (χ0n) is 11.6. The van der Waals surface area contributed by atoms with Crippen molar-refractivity contribution in [2.24, 2.45) is 5.92 Å². The molecule has 1 aromatic heterocycles. The van der Waals surface area contributed by atoms with Crippen molar-refractivity contribution in [3.05, 3.63) is 24.4 Å². The Kier molecular flexibility index (Phi) is 4.92. The zero-order valence-corrected chi connectivity index (χ0v) is 11.6. The second-order valence-electron chi connectivity index (χ2n) is 4.91.